The summed E-state index contributed by atoms with van der Waals surface area (Å²) >= 11 is 0. The van der Waals surface area contributed by atoms with Gasteiger partial charge in [0.1, 0.15) is 12.4 Å². The van der Waals surface area contributed by atoms with E-state index in [1.165, 1.54) is 18.4 Å². The van der Waals surface area contributed by atoms with Gasteiger partial charge in [0, 0.05) is 12.3 Å². The molecule has 0 aliphatic carbocycles. The predicted molar refractivity (Wildman–Crippen MR) is 65.1 cm³/mol. The molecule has 0 aliphatic rings. The van der Waals surface area contributed by atoms with Crippen LogP contribution in [0.1, 0.15) is 11.5 Å². The number of rotatable bonds is 4. The molecule has 5 nitrogen and oxygen atoms in total. The van der Waals surface area contributed by atoms with E-state index in [1.807, 2.05) is 6.92 Å². The summed E-state index contributed by atoms with van der Waals surface area (Å²) in [7, 11) is -3.17. The Morgan fingerprint density at radius 3 is 2.44 bits per heavy atom. The lowest BCUT2D eigenvalue weighted by Gasteiger charge is -2.04. The van der Waals surface area contributed by atoms with E-state index in [1.54, 1.807) is 18.2 Å². The zero-order valence-corrected chi connectivity index (χ0v) is 10.9. The molecule has 1 aromatic heterocycles. The van der Waals surface area contributed by atoms with Crippen LogP contribution in [0.2, 0.25) is 0 Å². The fourth-order valence-electron chi connectivity index (χ4n) is 1.42. The van der Waals surface area contributed by atoms with Gasteiger partial charge in [-0.3, -0.25) is 0 Å². The van der Waals surface area contributed by atoms with Gasteiger partial charge in [-0.15, -0.1) is 0 Å². The third-order valence-corrected chi connectivity index (χ3v) is 3.44. The monoisotopic (exact) mass is 267 g/mol. The van der Waals surface area contributed by atoms with Crippen LogP contribution in [0.15, 0.2) is 39.8 Å². The molecule has 0 unspecified atom stereocenters. The molecule has 0 amide bonds. The third kappa shape index (κ3) is 3.10. The molecule has 0 aliphatic heterocycles. The predicted octanol–water partition coefficient (Wildman–Crippen LogP) is 1.97. The van der Waals surface area contributed by atoms with Crippen molar-refractivity contribution < 1.29 is 17.7 Å². The summed E-state index contributed by atoms with van der Waals surface area (Å²) in [5.41, 5.74) is 0.793. The van der Waals surface area contributed by atoms with Crippen LogP contribution in [0.3, 0.4) is 0 Å². The molecule has 0 fully saturated rings. The zero-order valence-electron chi connectivity index (χ0n) is 10.1. The first-order chi connectivity index (χ1) is 8.45. The molecule has 0 spiro atoms. The average molecular weight is 267 g/mol. The van der Waals surface area contributed by atoms with Crippen molar-refractivity contribution in [3.63, 3.8) is 0 Å². The maximum atomic E-state index is 11.3. The van der Waals surface area contributed by atoms with Gasteiger partial charge in [-0.05, 0) is 31.2 Å². The number of hydrogen-bond acceptors (Lipinski definition) is 5. The van der Waals surface area contributed by atoms with Crippen LogP contribution in [0.5, 0.6) is 5.75 Å². The Morgan fingerprint density at radius 1 is 1.28 bits per heavy atom. The van der Waals surface area contributed by atoms with Gasteiger partial charge in [0.15, 0.2) is 15.6 Å². The van der Waals surface area contributed by atoms with E-state index in [0.717, 1.165) is 5.69 Å². The van der Waals surface area contributed by atoms with Gasteiger partial charge in [0.25, 0.3) is 0 Å². The second kappa shape index (κ2) is 4.81. The SMILES string of the molecule is Cc1cc(COc2ccc(S(C)(=O)=O)cc2)on1. The molecule has 18 heavy (non-hydrogen) atoms. The summed E-state index contributed by atoms with van der Waals surface area (Å²) in [5.74, 6) is 1.20. The minimum Gasteiger partial charge on any atom is -0.486 e. The first-order valence-corrected chi connectivity index (χ1v) is 7.19. The summed E-state index contributed by atoms with van der Waals surface area (Å²) < 4.78 is 33.0. The minimum atomic E-state index is -3.17. The summed E-state index contributed by atoms with van der Waals surface area (Å²) in [4.78, 5) is 0.269. The number of sulfone groups is 1. The first kappa shape index (κ1) is 12.6. The Labute approximate surface area is 105 Å². The van der Waals surface area contributed by atoms with Crippen molar-refractivity contribution in [1.29, 1.82) is 0 Å². The van der Waals surface area contributed by atoms with E-state index in [-0.39, 0.29) is 11.5 Å². The molecule has 6 heteroatoms. The molecule has 0 atom stereocenters. The molecule has 0 saturated heterocycles. The van der Waals surface area contributed by atoms with Gasteiger partial charge >= 0.3 is 0 Å². The van der Waals surface area contributed by atoms with E-state index < -0.39 is 9.84 Å². The molecule has 2 rings (SSSR count). The van der Waals surface area contributed by atoms with Crippen molar-refractivity contribution in [3.05, 3.63) is 41.8 Å². The van der Waals surface area contributed by atoms with E-state index >= 15 is 0 Å². The Balaban J connectivity index is 2.03. The van der Waals surface area contributed by atoms with Crippen LogP contribution in [-0.2, 0) is 16.4 Å². The van der Waals surface area contributed by atoms with E-state index in [2.05, 4.69) is 5.16 Å². The molecule has 0 saturated carbocycles. The lowest BCUT2D eigenvalue weighted by Crippen LogP contribution is -1.98. The molecule has 0 bridgehead atoms. The smallest absolute Gasteiger partial charge is 0.175 e. The number of hydrogen-bond donors (Lipinski definition) is 0. The topological polar surface area (TPSA) is 69.4 Å². The van der Waals surface area contributed by atoms with E-state index in [4.69, 9.17) is 9.26 Å². The van der Waals surface area contributed by atoms with Gasteiger partial charge in [0.05, 0.1) is 10.6 Å². The lowest BCUT2D eigenvalue weighted by molar-refractivity contribution is 0.248. The third-order valence-electron chi connectivity index (χ3n) is 2.31. The minimum absolute atomic E-state index is 0.263. The molecule has 1 aromatic carbocycles. The van der Waals surface area contributed by atoms with Crippen molar-refractivity contribution in [2.75, 3.05) is 6.26 Å². The standard InChI is InChI=1S/C12H13NO4S/c1-9-7-11(17-13-9)8-16-10-3-5-12(6-4-10)18(2,14)15/h3-7H,8H2,1-2H3. The maximum Gasteiger partial charge on any atom is 0.175 e. The highest BCUT2D eigenvalue weighted by molar-refractivity contribution is 7.90. The number of ether oxygens (including phenoxy) is 1. The van der Waals surface area contributed by atoms with Crippen molar-refractivity contribution in [1.82, 2.24) is 5.16 Å². The zero-order chi connectivity index (χ0) is 13.2. The summed E-state index contributed by atoms with van der Waals surface area (Å²) in [6.07, 6.45) is 1.17. The Kier molecular flexibility index (Phi) is 3.38. The number of nitrogens with zero attached hydrogens (tertiary/aromatic N) is 1. The average Bonchev–Trinajstić information content (AvgIpc) is 2.72. The number of aromatic nitrogens is 1. The molecule has 0 N–H and O–H groups in total. The fourth-order valence-corrected chi connectivity index (χ4v) is 2.05. The maximum absolute atomic E-state index is 11.3. The molecule has 96 valence electrons. The van der Waals surface area contributed by atoms with Crippen LogP contribution < -0.4 is 4.74 Å². The van der Waals surface area contributed by atoms with Gasteiger partial charge in [-0.1, -0.05) is 5.16 Å². The molecule has 0 radical (unpaired) electrons. The highest BCUT2D eigenvalue weighted by Gasteiger charge is 2.07. The quantitative estimate of drug-likeness (QED) is 0.847. The summed E-state index contributed by atoms with van der Waals surface area (Å²) in [6.45, 7) is 2.09. The largest absolute Gasteiger partial charge is 0.486 e. The Hall–Kier alpha value is -1.82. The van der Waals surface area contributed by atoms with Crippen LogP contribution in [0.4, 0.5) is 0 Å². The van der Waals surface area contributed by atoms with Gasteiger partial charge in [0.2, 0.25) is 0 Å². The highest BCUT2D eigenvalue weighted by Crippen LogP contribution is 2.17. The van der Waals surface area contributed by atoms with Crippen LogP contribution in [-0.4, -0.2) is 19.8 Å². The Bertz CT molecular complexity index is 628. The summed E-state index contributed by atoms with van der Waals surface area (Å²) in [6, 6.07) is 8.02. The normalized spacial score (nSPS) is 11.4. The van der Waals surface area contributed by atoms with Crippen molar-refractivity contribution in [3.8, 4) is 5.75 Å². The second-order valence-corrected chi connectivity index (χ2v) is 5.98. The van der Waals surface area contributed by atoms with Crippen molar-refractivity contribution in [2.45, 2.75) is 18.4 Å². The van der Waals surface area contributed by atoms with Crippen LogP contribution in [0.25, 0.3) is 0 Å². The highest BCUT2D eigenvalue weighted by atomic mass is 32.2. The Morgan fingerprint density at radius 2 is 1.94 bits per heavy atom. The fraction of sp³-hybridized carbons (Fsp3) is 0.250. The molecular weight excluding hydrogens is 254 g/mol. The molecule has 2 aromatic rings. The van der Waals surface area contributed by atoms with Gasteiger partial charge in [-0.25, -0.2) is 8.42 Å². The van der Waals surface area contributed by atoms with Gasteiger partial charge < -0.3 is 9.26 Å². The number of benzene rings is 1. The van der Waals surface area contributed by atoms with Gasteiger partial charge in [-0.2, -0.15) is 0 Å². The van der Waals surface area contributed by atoms with E-state index in [9.17, 15) is 8.42 Å². The van der Waals surface area contributed by atoms with Crippen molar-refractivity contribution in [2.24, 2.45) is 0 Å². The lowest BCUT2D eigenvalue weighted by atomic mass is 10.3. The van der Waals surface area contributed by atoms with Crippen LogP contribution in [0, 0.1) is 6.92 Å². The van der Waals surface area contributed by atoms with Crippen LogP contribution >= 0.6 is 0 Å². The van der Waals surface area contributed by atoms with E-state index in [0.29, 0.717) is 11.5 Å². The first-order valence-electron chi connectivity index (χ1n) is 5.30. The van der Waals surface area contributed by atoms with Crippen molar-refractivity contribution >= 4 is 9.84 Å². The molecular formula is C12H13NO4S. The number of aryl methyl sites for hydroxylation is 1. The molecule has 1 heterocycles. The summed E-state index contributed by atoms with van der Waals surface area (Å²) in [5, 5.41) is 3.74. The second-order valence-electron chi connectivity index (χ2n) is 3.97.